The van der Waals surface area contributed by atoms with Crippen molar-refractivity contribution in [2.75, 3.05) is 19.7 Å². The van der Waals surface area contributed by atoms with Crippen molar-refractivity contribution in [2.45, 2.75) is 20.3 Å². The Morgan fingerprint density at radius 2 is 1.48 bits per heavy atom. The Morgan fingerprint density at radius 3 is 2.04 bits per heavy atom. The number of carbonyl (C=O) groups excluding carboxylic acids is 2. The number of rotatable bonds is 5. The quantitative estimate of drug-likeness (QED) is 0.750. The lowest BCUT2D eigenvalue weighted by Gasteiger charge is -2.34. The minimum absolute atomic E-state index is 0.00923. The van der Waals surface area contributed by atoms with E-state index in [2.05, 4.69) is 13.8 Å². The Balaban J connectivity index is 1.57. The van der Waals surface area contributed by atoms with Gasteiger partial charge < -0.3 is 9.64 Å². The van der Waals surface area contributed by atoms with Crippen molar-refractivity contribution >= 4 is 11.7 Å². The van der Waals surface area contributed by atoms with Gasteiger partial charge >= 0.3 is 0 Å². The van der Waals surface area contributed by atoms with Gasteiger partial charge in [0.05, 0.1) is 0 Å². The first-order valence-corrected chi connectivity index (χ1v) is 9.23. The number of halogens is 1. The largest absolute Gasteiger partial charge is 0.484 e. The number of hydrogen-bond acceptors (Lipinski definition) is 3. The van der Waals surface area contributed by atoms with E-state index in [4.69, 9.17) is 4.74 Å². The second-order valence-corrected chi connectivity index (χ2v) is 7.39. The summed E-state index contributed by atoms with van der Waals surface area (Å²) >= 11 is 0. The molecule has 0 radical (unpaired) electrons. The van der Waals surface area contributed by atoms with E-state index in [0.29, 0.717) is 28.7 Å². The van der Waals surface area contributed by atoms with Gasteiger partial charge in [-0.2, -0.15) is 0 Å². The Labute approximate surface area is 158 Å². The first-order valence-electron chi connectivity index (χ1n) is 9.23. The summed E-state index contributed by atoms with van der Waals surface area (Å²) in [5, 5.41) is 0. The van der Waals surface area contributed by atoms with Crippen molar-refractivity contribution in [2.24, 2.45) is 11.8 Å². The van der Waals surface area contributed by atoms with Crippen LogP contribution in [0.5, 0.6) is 5.75 Å². The highest BCUT2D eigenvalue weighted by molar-refractivity contribution is 6.09. The van der Waals surface area contributed by atoms with Crippen LogP contribution in [0.1, 0.15) is 36.2 Å². The molecule has 1 amide bonds. The predicted molar refractivity (Wildman–Crippen MR) is 101 cm³/mol. The molecule has 2 atom stereocenters. The topological polar surface area (TPSA) is 46.6 Å². The molecule has 0 unspecified atom stereocenters. The van der Waals surface area contributed by atoms with Crippen LogP contribution < -0.4 is 4.74 Å². The third-order valence-electron chi connectivity index (χ3n) is 4.81. The zero-order valence-corrected chi connectivity index (χ0v) is 15.7. The third kappa shape index (κ3) is 4.94. The van der Waals surface area contributed by atoms with E-state index in [1.165, 1.54) is 24.3 Å². The number of piperidine rings is 1. The van der Waals surface area contributed by atoms with Gasteiger partial charge in [0.15, 0.2) is 12.4 Å². The smallest absolute Gasteiger partial charge is 0.260 e. The van der Waals surface area contributed by atoms with Crippen molar-refractivity contribution in [3.05, 3.63) is 65.5 Å². The lowest BCUT2D eigenvalue weighted by Crippen LogP contribution is -2.44. The molecule has 1 aliphatic rings. The average molecular weight is 369 g/mol. The lowest BCUT2D eigenvalue weighted by atomic mass is 9.92. The van der Waals surface area contributed by atoms with Crippen LogP contribution in [0.3, 0.4) is 0 Å². The molecule has 3 rings (SSSR count). The summed E-state index contributed by atoms with van der Waals surface area (Å²) in [5.41, 5.74) is 0.910. The molecule has 0 saturated carbocycles. The van der Waals surface area contributed by atoms with Gasteiger partial charge in [-0.15, -0.1) is 0 Å². The summed E-state index contributed by atoms with van der Waals surface area (Å²) in [6.45, 7) is 5.86. The molecule has 0 spiro atoms. The van der Waals surface area contributed by atoms with Crippen LogP contribution in [0.25, 0.3) is 0 Å². The molecular formula is C22H24FNO3. The Kier molecular flexibility index (Phi) is 5.89. The van der Waals surface area contributed by atoms with Gasteiger partial charge in [-0.3, -0.25) is 9.59 Å². The Bertz CT molecular complexity index is 791. The van der Waals surface area contributed by atoms with Crippen molar-refractivity contribution in [1.29, 1.82) is 0 Å². The first-order chi connectivity index (χ1) is 12.9. The highest BCUT2D eigenvalue weighted by atomic mass is 19.1. The molecule has 0 bridgehead atoms. The van der Waals surface area contributed by atoms with E-state index in [1.807, 2.05) is 4.90 Å². The van der Waals surface area contributed by atoms with Crippen LogP contribution in [-0.2, 0) is 4.79 Å². The minimum Gasteiger partial charge on any atom is -0.484 e. The van der Waals surface area contributed by atoms with Gasteiger partial charge in [0.25, 0.3) is 5.91 Å². The summed E-state index contributed by atoms with van der Waals surface area (Å²) in [5.74, 6) is 0.979. The number of amides is 1. The molecule has 5 heteroatoms. The average Bonchev–Trinajstić information content (AvgIpc) is 2.66. The van der Waals surface area contributed by atoms with E-state index < -0.39 is 0 Å². The molecule has 2 aromatic carbocycles. The van der Waals surface area contributed by atoms with E-state index >= 15 is 0 Å². The standard InChI is InChI=1S/C22H24FNO3/c1-15-11-16(2)13-24(12-15)21(25)14-27-20-9-5-18(6-10-20)22(26)17-3-7-19(23)8-4-17/h3-10,15-16H,11-14H2,1-2H3/t15-,16+. The molecule has 0 N–H and O–H groups in total. The van der Waals surface area contributed by atoms with Crippen LogP contribution in [0.15, 0.2) is 48.5 Å². The van der Waals surface area contributed by atoms with E-state index in [0.717, 1.165) is 19.5 Å². The van der Waals surface area contributed by atoms with Crippen LogP contribution in [0.2, 0.25) is 0 Å². The number of benzene rings is 2. The molecule has 1 saturated heterocycles. The summed E-state index contributed by atoms with van der Waals surface area (Å²) in [6, 6.07) is 12.1. The third-order valence-corrected chi connectivity index (χ3v) is 4.81. The molecule has 2 aromatic rings. The van der Waals surface area contributed by atoms with Crippen LogP contribution in [0.4, 0.5) is 4.39 Å². The van der Waals surface area contributed by atoms with Gasteiger partial charge in [-0.05, 0) is 66.8 Å². The molecule has 0 aliphatic carbocycles. The number of ether oxygens (including phenoxy) is 1. The Hall–Kier alpha value is -2.69. The number of carbonyl (C=O) groups is 2. The van der Waals surface area contributed by atoms with Crippen LogP contribution in [0, 0.1) is 17.7 Å². The minimum atomic E-state index is -0.377. The van der Waals surface area contributed by atoms with Crippen LogP contribution >= 0.6 is 0 Å². The fourth-order valence-corrected chi connectivity index (χ4v) is 3.57. The highest BCUT2D eigenvalue weighted by Gasteiger charge is 2.25. The Morgan fingerprint density at radius 1 is 0.963 bits per heavy atom. The maximum Gasteiger partial charge on any atom is 0.260 e. The van der Waals surface area contributed by atoms with Crippen molar-refractivity contribution < 1.29 is 18.7 Å². The van der Waals surface area contributed by atoms with E-state index in [-0.39, 0.29) is 24.1 Å². The normalized spacial score (nSPS) is 19.6. The summed E-state index contributed by atoms with van der Waals surface area (Å²) < 4.78 is 18.6. The molecular weight excluding hydrogens is 345 g/mol. The lowest BCUT2D eigenvalue weighted by molar-refractivity contribution is -0.136. The maximum absolute atomic E-state index is 13.0. The number of hydrogen-bond donors (Lipinski definition) is 0. The van der Waals surface area contributed by atoms with Crippen molar-refractivity contribution in [3.63, 3.8) is 0 Å². The summed E-state index contributed by atoms with van der Waals surface area (Å²) in [7, 11) is 0. The SMILES string of the molecule is C[C@@H]1C[C@H](C)CN(C(=O)COc2ccc(C(=O)c3ccc(F)cc3)cc2)C1. The molecule has 142 valence electrons. The fourth-order valence-electron chi connectivity index (χ4n) is 3.57. The second-order valence-electron chi connectivity index (χ2n) is 7.39. The molecule has 0 aromatic heterocycles. The summed E-state index contributed by atoms with van der Waals surface area (Å²) in [4.78, 5) is 26.6. The molecule has 1 fully saturated rings. The zero-order chi connectivity index (χ0) is 19.4. The number of ketones is 1. The van der Waals surface area contributed by atoms with Gasteiger partial charge in [0.1, 0.15) is 11.6 Å². The van der Waals surface area contributed by atoms with Gasteiger partial charge in [0, 0.05) is 24.2 Å². The van der Waals surface area contributed by atoms with Crippen LogP contribution in [-0.4, -0.2) is 36.3 Å². The van der Waals surface area contributed by atoms with E-state index in [9.17, 15) is 14.0 Å². The van der Waals surface area contributed by atoms with Gasteiger partial charge in [-0.1, -0.05) is 13.8 Å². The van der Waals surface area contributed by atoms with Gasteiger partial charge in [-0.25, -0.2) is 4.39 Å². The molecule has 4 nitrogen and oxygen atoms in total. The first kappa shape index (κ1) is 19.1. The van der Waals surface area contributed by atoms with Gasteiger partial charge in [0.2, 0.25) is 0 Å². The predicted octanol–water partition coefficient (Wildman–Crippen LogP) is 3.94. The van der Waals surface area contributed by atoms with Crippen molar-refractivity contribution in [1.82, 2.24) is 4.90 Å². The van der Waals surface area contributed by atoms with E-state index in [1.54, 1.807) is 24.3 Å². The highest BCUT2D eigenvalue weighted by Crippen LogP contribution is 2.21. The monoisotopic (exact) mass is 369 g/mol. The second kappa shape index (κ2) is 8.33. The number of likely N-dealkylation sites (tertiary alicyclic amines) is 1. The maximum atomic E-state index is 13.0. The molecule has 1 aliphatic heterocycles. The number of nitrogens with zero attached hydrogens (tertiary/aromatic N) is 1. The summed E-state index contributed by atoms with van der Waals surface area (Å²) in [6.07, 6.45) is 1.15. The zero-order valence-electron chi connectivity index (χ0n) is 15.7. The fraction of sp³-hybridized carbons (Fsp3) is 0.364. The van der Waals surface area contributed by atoms with Crippen molar-refractivity contribution in [3.8, 4) is 5.75 Å². The molecule has 1 heterocycles. The molecule has 27 heavy (non-hydrogen) atoms.